The predicted octanol–water partition coefficient (Wildman–Crippen LogP) is 3.06. The summed E-state index contributed by atoms with van der Waals surface area (Å²) in [6, 6.07) is 13.0. The number of amides is 1. The molecule has 1 heterocycles. The highest BCUT2D eigenvalue weighted by molar-refractivity contribution is 9.10. The minimum absolute atomic E-state index is 0.0402. The number of carbonyl (C=O) groups is 1. The zero-order valence-corrected chi connectivity index (χ0v) is 15.4. The molecule has 0 fully saturated rings. The van der Waals surface area contributed by atoms with E-state index in [-0.39, 0.29) is 18.3 Å². The largest absolute Gasteiger partial charge is 0.437 e. The minimum atomic E-state index is -0.741. The van der Waals surface area contributed by atoms with Crippen molar-refractivity contribution in [2.75, 3.05) is 7.05 Å². The van der Waals surface area contributed by atoms with E-state index in [4.69, 9.17) is 4.42 Å². The Morgan fingerprint density at radius 2 is 1.85 bits per heavy atom. The van der Waals surface area contributed by atoms with E-state index in [1.54, 1.807) is 7.05 Å². The molecule has 3 rings (SSSR count). The molecule has 6 nitrogen and oxygen atoms in total. The third-order valence-electron chi connectivity index (χ3n) is 3.74. The van der Waals surface area contributed by atoms with Gasteiger partial charge in [0, 0.05) is 23.6 Å². The lowest BCUT2D eigenvalue weighted by Crippen LogP contribution is -2.32. The number of likely N-dealkylation sites (N-methyl/N-ethyl adjacent to an activating group) is 1. The smallest absolute Gasteiger partial charge is 0.388 e. The average Bonchev–Trinajstić information content (AvgIpc) is 2.98. The Kier molecular flexibility index (Phi) is 5.32. The van der Waals surface area contributed by atoms with Gasteiger partial charge in [0.2, 0.25) is 11.8 Å². The third-order valence-corrected chi connectivity index (χ3v) is 4.27. The van der Waals surface area contributed by atoms with E-state index in [0.717, 1.165) is 14.7 Å². The monoisotopic (exact) mass is 419 g/mol. The van der Waals surface area contributed by atoms with Crippen LogP contribution in [0.4, 0.5) is 4.39 Å². The molecule has 0 aliphatic heterocycles. The second-order valence-electron chi connectivity index (χ2n) is 5.71. The van der Waals surface area contributed by atoms with Crippen molar-refractivity contribution in [1.82, 2.24) is 14.7 Å². The summed E-state index contributed by atoms with van der Waals surface area (Å²) in [6.07, 6.45) is 0. The number of rotatable bonds is 5. The fourth-order valence-corrected chi connectivity index (χ4v) is 2.58. The Morgan fingerprint density at radius 3 is 2.50 bits per heavy atom. The zero-order chi connectivity index (χ0) is 18.7. The molecule has 26 heavy (non-hydrogen) atoms. The van der Waals surface area contributed by atoms with Gasteiger partial charge in [-0.25, -0.2) is 9.18 Å². The number of halogens is 2. The summed E-state index contributed by atoms with van der Waals surface area (Å²) in [5.41, 5.74) is 1.42. The van der Waals surface area contributed by atoms with E-state index in [9.17, 15) is 14.0 Å². The number of hydrogen-bond acceptors (Lipinski definition) is 4. The summed E-state index contributed by atoms with van der Waals surface area (Å²) in [5, 5.41) is 4.01. The summed E-state index contributed by atoms with van der Waals surface area (Å²) in [7, 11) is 1.65. The quantitative estimate of drug-likeness (QED) is 0.637. The first kappa shape index (κ1) is 18.1. The van der Waals surface area contributed by atoms with Crippen molar-refractivity contribution in [2.24, 2.45) is 0 Å². The van der Waals surface area contributed by atoms with E-state index in [0.29, 0.717) is 12.1 Å². The topological polar surface area (TPSA) is 68.3 Å². The molecule has 3 aromatic rings. The number of hydrogen-bond donors (Lipinski definition) is 0. The van der Waals surface area contributed by atoms with Crippen LogP contribution in [0, 0.1) is 5.82 Å². The van der Waals surface area contributed by atoms with Crippen LogP contribution in [-0.4, -0.2) is 27.6 Å². The molecule has 1 amide bonds. The van der Waals surface area contributed by atoms with Gasteiger partial charge in [-0.3, -0.25) is 4.79 Å². The van der Waals surface area contributed by atoms with Crippen molar-refractivity contribution < 1.29 is 13.6 Å². The summed E-state index contributed by atoms with van der Waals surface area (Å²) in [6.45, 7) is 0.167. The molecule has 1 aromatic heterocycles. The average molecular weight is 420 g/mol. The second kappa shape index (κ2) is 7.65. The van der Waals surface area contributed by atoms with Crippen LogP contribution in [0.15, 0.2) is 62.2 Å². The summed E-state index contributed by atoms with van der Waals surface area (Å²) in [4.78, 5) is 25.8. The summed E-state index contributed by atoms with van der Waals surface area (Å²) >= 11 is 3.36. The van der Waals surface area contributed by atoms with Crippen molar-refractivity contribution in [3.8, 4) is 11.5 Å². The van der Waals surface area contributed by atoms with E-state index >= 15 is 0 Å². The van der Waals surface area contributed by atoms with Crippen LogP contribution in [0.1, 0.15) is 5.56 Å². The van der Waals surface area contributed by atoms with Crippen LogP contribution >= 0.6 is 15.9 Å². The van der Waals surface area contributed by atoms with E-state index in [2.05, 4.69) is 21.0 Å². The van der Waals surface area contributed by atoms with Crippen molar-refractivity contribution in [3.05, 3.63) is 74.9 Å². The molecule has 0 N–H and O–H groups in total. The maximum Gasteiger partial charge on any atom is 0.437 e. The van der Waals surface area contributed by atoms with Crippen molar-refractivity contribution >= 4 is 21.8 Å². The maximum absolute atomic E-state index is 13.0. The van der Waals surface area contributed by atoms with Crippen molar-refractivity contribution in [3.63, 3.8) is 0 Å². The van der Waals surface area contributed by atoms with Gasteiger partial charge in [-0.1, -0.05) is 28.1 Å². The number of nitrogens with zero attached hydrogens (tertiary/aromatic N) is 3. The highest BCUT2D eigenvalue weighted by Crippen LogP contribution is 2.16. The van der Waals surface area contributed by atoms with Crippen LogP contribution in [-0.2, 0) is 17.9 Å². The summed E-state index contributed by atoms with van der Waals surface area (Å²) in [5.74, 6) is -1.39. The van der Waals surface area contributed by atoms with Gasteiger partial charge in [0.15, 0.2) is 0 Å². The van der Waals surface area contributed by atoms with Crippen molar-refractivity contribution in [1.29, 1.82) is 0 Å². The van der Waals surface area contributed by atoms with Gasteiger partial charge in [0.1, 0.15) is 12.4 Å². The lowest BCUT2D eigenvalue weighted by atomic mass is 10.2. The number of carbonyl (C=O) groups excluding carboxylic acids is 1. The Bertz CT molecular complexity index is 965. The Labute approximate surface area is 157 Å². The van der Waals surface area contributed by atoms with Gasteiger partial charge in [0.25, 0.3) is 0 Å². The molecule has 0 aliphatic carbocycles. The first-order chi connectivity index (χ1) is 12.4. The first-order valence-electron chi connectivity index (χ1n) is 7.74. The molecule has 0 unspecified atom stereocenters. The lowest BCUT2D eigenvalue weighted by molar-refractivity contribution is -0.131. The standard InChI is InChI=1S/C18H15BrFN3O3/c1-22(10-12-2-6-14(19)7-3-12)16(24)11-23-18(25)26-17(21-23)13-4-8-15(20)9-5-13/h2-9H,10-11H2,1H3. The number of aromatic nitrogens is 2. The van der Waals surface area contributed by atoms with Crippen LogP contribution < -0.4 is 5.76 Å². The molecule has 0 bridgehead atoms. The lowest BCUT2D eigenvalue weighted by Gasteiger charge is -2.16. The van der Waals surface area contributed by atoms with Crippen LogP contribution in [0.3, 0.4) is 0 Å². The zero-order valence-electron chi connectivity index (χ0n) is 13.9. The molecule has 0 aliphatic rings. The molecular formula is C18H15BrFN3O3. The molecule has 0 saturated heterocycles. The molecule has 134 valence electrons. The van der Waals surface area contributed by atoms with E-state index in [1.165, 1.54) is 29.2 Å². The van der Waals surface area contributed by atoms with Gasteiger partial charge in [0.05, 0.1) is 0 Å². The normalized spacial score (nSPS) is 10.7. The molecule has 0 spiro atoms. The molecule has 8 heteroatoms. The SMILES string of the molecule is CN(Cc1ccc(Br)cc1)C(=O)Cn1nc(-c2ccc(F)cc2)oc1=O. The highest BCUT2D eigenvalue weighted by atomic mass is 79.9. The number of benzene rings is 2. The van der Waals surface area contributed by atoms with Crippen molar-refractivity contribution in [2.45, 2.75) is 13.1 Å². The molecular weight excluding hydrogens is 405 g/mol. The maximum atomic E-state index is 13.0. The van der Waals surface area contributed by atoms with Gasteiger partial charge in [-0.2, -0.15) is 4.68 Å². The Hall–Kier alpha value is -2.74. The Morgan fingerprint density at radius 1 is 1.19 bits per heavy atom. The molecule has 2 aromatic carbocycles. The molecule has 0 saturated carbocycles. The van der Waals surface area contributed by atoms with Gasteiger partial charge < -0.3 is 9.32 Å². The predicted molar refractivity (Wildman–Crippen MR) is 96.8 cm³/mol. The molecule has 0 radical (unpaired) electrons. The third kappa shape index (κ3) is 4.26. The fraction of sp³-hybridized carbons (Fsp3) is 0.167. The minimum Gasteiger partial charge on any atom is -0.388 e. The van der Waals surface area contributed by atoms with Gasteiger partial charge in [-0.15, -0.1) is 5.10 Å². The van der Waals surface area contributed by atoms with E-state index < -0.39 is 11.6 Å². The van der Waals surface area contributed by atoms with Crippen LogP contribution in [0.2, 0.25) is 0 Å². The second-order valence-corrected chi connectivity index (χ2v) is 6.63. The Balaban J connectivity index is 1.70. The van der Waals surface area contributed by atoms with Gasteiger partial charge in [-0.05, 0) is 42.0 Å². The van der Waals surface area contributed by atoms with Crippen LogP contribution in [0.5, 0.6) is 0 Å². The fourth-order valence-electron chi connectivity index (χ4n) is 2.32. The highest BCUT2D eigenvalue weighted by Gasteiger charge is 2.16. The van der Waals surface area contributed by atoms with Gasteiger partial charge >= 0.3 is 5.76 Å². The summed E-state index contributed by atoms with van der Waals surface area (Å²) < 4.78 is 19.9. The van der Waals surface area contributed by atoms with E-state index in [1.807, 2.05) is 24.3 Å². The van der Waals surface area contributed by atoms with Crippen LogP contribution in [0.25, 0.3) is 11.5 Å². The molecule has 0 atom stereocenters. The first-order valence-corrected chi connectivity index (χ1v) is 8.54.